The minimum Gasteiger partial charge on any atom is -0.482 e. The molecule has 0 spiro atoms. The van der Waals surface area contributed by atoms with E-state index in [4.69, 9.17) is 5.73 Å². The maximum Gasteiger partial charge on any atom is 0 e. The Morgan fingerprint density at radius 3 is 2.33 bits per heavy atom. The SMILES string of the molecule is N[CH-]CNP.[Y]. The molecule has 0 aliphatic rings. The van der Waals surface area contributed by atoms with Gasteiger partial charge in [0.25, 0.3) is 0 Å². The van der Waals surface area contributed by atoms with Gasteiger partial charge >= 0.3 is 0 Å². The molecule has 0 aromatic rings. The van der Waals surface area contributed by atoms with Crippen LogP contribution >= 0.6 is 9.39 Å². The second kappa shape index (κ2) is 9.68. The molecular weight excluding hydrogens is 172 g/mol. The topological polar surface area (TPSA) is 38.0 Å². The van der Waals surface area contributed by atoms with Gasteiger partial charge in [0, 0.05) is 32.7 Å². The van der Waals surface area contributed by atoms with Crippen molar-refractivity contribution in [2.45, 2.75) is 0 Å². The standard InChI is InChI=1S/C2H8N2P.Y/c3-1-2-4-5;/h1,4H,2-3,5H2;/q-1;. The molecule has 2 nitrogen and oxygen atoms in total. The molecule has 0 aliphatic heterocycles. The minimum absolute atomic E-state index is 0. The molecule has 4 heteroatoms. The van der Waals surface area contributed by atoms with Crippen LogP contribution in [0.1, 0.15) is 0 Å². The second-order valence-corrected chi connectivity index (χ2v) is 1.05. The normalized spacial score (nSPS) is 7.00. The van der Waals surface area contributed by atoms with E-state index in [1.165, 1.54) is 0 Å². The summed E-state index contributed by atoms with van der Waals surface area (Å²) in [5.74, 6) is 0. The molecule has 0 saturated carbocycles. The molecule has 6 heavy (non-hydrogen) atoms. The van der Waals surface area contributed by atoms with Crippen LogP contribution in [0.5, 0.6) is 0 Å². The predicted molar refractivity (Wildman–Crippen MR) is 26.2 cm³/mol. The Bertz CT molecular complexity index is 19.0. The summed E-state index contributed by atoms with van der Waals surface area (Å²) in [6.07, 6.45) is 0. The molecule has 0 aliphatic carbocycles. The van der Waals surface area contributed by atoms with Gasteiger partial charge in [0.15, 0.2) is 0 Å². The zero-order chi connectivity index (χ0) is 4.12. The Kier molecular flexibility index (Phi) is 16.8. The number of nitrogens with two attached hydrogens (primary N) is 1. The Hall–Kier alpha value is 1.45. The summed E-state index contributed by atoms with van der Waals surface area (Å²) in [5, 5.41) is 2.75. The Morgan fingerprint density at radius 2 is 2.33 bits per heavy atom. The summed E-state index contributed by atoms with van der Waals surface area (Å²) >= 11 is 0. The van der Waals surface area contributed by atoms with Gasteiger partial charge in [-0.1, -0.05) is 9.39 Å². The summed E-state index contributed by atoms with van der Waals surface area (Å²) in [5.41, 5.74) is 4.94. The fourth-order valence-electron chi connectivity index (χ4n) is 0.0680. The van der Waals surface area contributed by atoms with Gasteiger partial charge in [-0.15, -0.1) is 6.54 Å². The van der Waals surface area contributed by atoms with Crippen LogP contribution < -0.4 is 10.8 Å². The average Bonchev–Trinajstić information content (AvgIpc) is 1.41. The predicted octanol–water partition coefficient (Wildman–Crippen LogP) is -0.516. The molecule has 0 amide bonds. The first kappa shape index (κ1) is 10.4. The van der Waals surface area contributed by atoms with E-state index in [1.807, 2.05) is 0 Å². The minimum atomic E-state index is 0. The molecular formula is C2H8N2PY-. The molecule has 0 rings (SSSR count). The van der Waals surface area contributed by atoms with Gasteiger partial charge in [0.2, 0.25) is 0 Å². The number of hydrogen-bond acceptors (Lipinski definition) is 2. The average molecular weight is 180 g/mol. The smallest absolute Gasteiger partial charge is 0 e. The summed E-state index contributed by atoms with van der Waals surface area (Å²) < 4.78 is 0. The fourth-order valence-corrected chi connectivity index (χ4v) is 0.204. The third-order valence-corrected chi connectivity index (χ3v) is 0.471. The molecule has 3 N–H and O–H groups in total. The van der Waals surface area contributed by atoms with Crippen LogP contribution in [-0.2, 0) is 32.7 Å². The summed E-state index contributed by atoms with van der Waals surface area (Å²) in [7, 11) is 2.34. The number of rotatable bonds is 2. The van der Waals surface area contributed by atoms with Gasteiger partial charge in [-0.2, -0.15) is 0 Å². The third kappa shape index (κ3) is 9.07. The van der Waals surface area contributed by atoms with Crippen LogP contribution in [0.3, 0.4) is 0 Å². The van der Waals surface area contributed by atoms with Gasteiger partial charge in [0.1, 0.15) is 0 Å². The monoisotopic (exact) mass is 180 g/mol. The fraction of sp³-hybridized carbons (Fsp3) is 0.500. The maximum atomic E-state index is 4.94. The first-order chi connectivity index (χ1) is 2.41. The van der Waals surface area contributed by atoms with Gasteiger partial charge in [-0.3, -0.25) is 6.54 Å². The molecule has 35 valence electrons. The van der Waals surface area contributed by atoms with Crippen molar-refractivity contribution in [3.05, 3.63) is 6.54 Å². The van der Waals surface area contributed by atoms with E-state index in [-0.39, 0.29) is 32.7 Å². The first-order valence-corrected chi connectivity index (χ1v) is 1.96. The molecule has 1 unspecified atom stereocenters. The van der Waals surface area contributed by atoms with Crippen LogP contribution in [0.15, 0.2) is 0 Å². The van der Waals surface area contributed by atoms with Gasteiger partial charge < -0.3 is 10.8 Å². The Balaban J connectivity index is 0. The van der Waals surface area contributed by atoms with E-state index < -0.39 is 0 Å². The van der Waals surface area contributed by atoms with Crippen LogP contribution in [0.25, 0.3) is 0 Å². The van der Waals surface area contributed by atoms with E-state index in [2.05, 4.69) is 14.5 Å². The van der Waals surface area contributed by atoms with Gasteiger partial charge in [-0.25, -0.2) is 0 Å². The third-order valence-electron chi connectivity index (χ3n) is 0.236. The molecule has 0 saturated heterocycles. The van der Waals surface area contributed by atoms with Crippen molar-refractivity contribution in [1.29, 1.82) is 0 Å². The number of hydrogen-bond donors (Lipinski definition) is 2. The van der Waals surface area contributed by atoms with Crippen molar-refractivity contribution in [3.8, 4) is 0 Å². The van der Waals surface area contributed by atoms with Crippen molar-refractivity contribution in [1.82, 2.24) is 5.09 Å². The summed E-state index contributed by atoms with van der Waals surface area (Å²) in [6.45, 7) is 2.30. The maximum absolute atomic E-state index is 4.94. The van der Waals surface area contributed by atoms with Crippen LogP contribution in [0.4, 0.5) is 0 Å². The molecule has 0 aromatic carbocycles. The first-order valence-electron chi connectivity index (χ1n) is 1.38. The number of nitrogens with one attached hydrogen (secondary N) is 1. The summed E-state index contributed by atoms with van der Waals surface area (Å²) in [4.78, 5) is 0. The van der Waals surface area contributed by atoms with Crippen LogP contribution in [-0.4, -0.2) is 6.54 Å². The molecule has 0 aromatic heterocycles. The van der Waals surface area contributed by atoms with E-state index >= 15 is 0 Å². The van der Waals surface area contributed by atoms with Crippen molar-refractivity contribution < 1.29 is 32.7 Å². The Morgan fingerprint density at radius 1 is 1.83 bits per heavy atom. The van der Waals surface area contributed by atoms with E-state index in [0.29, 0.717) is 0 Å². The van der Waals surface area contributed by atoms with Crippen LogP contribution in [0.2, 0.25) is 0 Å². The van der Waals surface area contributed by atoms with E-state index in [0.717, 1.165) is 6.54 Å². The van der Waals surface area contributed by atoms with Crippen molar-refractivity contribution in [2.75, 3.05) is 6.54 Å². The van der Waals surface area contributed by atoms with Crippen LogP contribution in [0, 0.1) is 6.54 Å². The zero-order valence-corrected chi connectivity index (χ0v) is 7.51. The molecule has 0 bridgehead atoms. The van der Waals surface area contributed by atoms with Crippen molar-refractivity contribution in [2.24, 2.45) is 5.73 Å². The molecule has 1 atom stereocenters. The van der Waals surface area contributed by atoms with Crippen molar-refractivity contribution in [3.63, 3.8) is 0 Å². The molecule has 1 radical (unpaired) electrons. The van der Waals surface area contributed by atoms with Gasteiger partial charge in [-0.05, 0) is 0 Å². The van der Waals surface area contributed by atoms with Crippen molar-refractivity contribution >= 4 is 9.39 Å². The zero-order valence-electron chi connectivity index (χ0n) is 3.52. The largest absolute Gasteiger partial charge is 0.482 e. The van der Waals surface area contributed by atoms with Gasteiger partial charge in [0.05, 0.1) is 0 Å². The van der Waals surface area contributed by atoms with E-state index in [1.54, 1.807) is 6.54 Å². The molecule has 0 heterocycles. The Labute approximate surface area is 65.8 Å². The summed E-state index contributed by atoms with van der Waals surface area (Å²) in [6, 6.07) is 0. The molecule has 0 fully saturated rings. The second-order valence-electron chi connectivity index (χ2n) is 0.644. The van der Waals surface area contributed by atoms with E-state index in [9.17, 15) is 0 Å². The quantitative estimate of drug-likeness (QED) is 0.443.